The van der Waals surface area contributed by atoms with E-state index in [4.69, 9.17) is 0 Å². The molecule has 1 unspecified atom stereocenters. The summed E-state index contributed by atoms with van der Waals surface area (Å²) in [7, 11) is 4.33. The Morgan fingerprint density at radius 1 is 1.08 bits per heavy atom. The molecule has 2 aliphatic heterocycles. The molecule has 5 nitrogen and oxygen atoms in total. The van der Waals surface area contributed by atoms with E-state index in [0.29, 0.717) is 12.0 Å². The molecular formula is C21H34N4O. The molecule has 26 heavy (non-hydrogen) atoms. The lowest BCUT2D eigenvalue weighted by molar-refractivity contribution is 0.131. The van der Waals surface area contributed by atoms with E-state index in [-0.39, 0.29) is 6.03 Å². The summed E-state index contributed by atoms with van der Waals surface area (Å²) < 4.78 is 0. The van der Waals surface area contributed by atoms with Crippen LogP contribution in [-0.2, 0) is 6.42 Å². The van der Waals surface area contributed by atoms with E-state index in [0.717, 1.165) is 58.5 Å². The highest BCUT2D eigenvalue weighted by Crippen LogP contribution is 2.18. The standard InChI is InChI=1S/C21H34N4O/c1-23-13-10-20(11-14-23)25(15-9-18-6-4-3-5-7-18)21(26)22-16-19-8-12-24(2)17-19/h3-7,19-20H,8-17H2,1-2H3,(H,22,26). The van der Waals surface area contributed by atoms with Crippen LogP contribution in [0.5, 0.6) is 0 Å². The maximum Gasteiger partial charge on any atom is 0.317 e. The minimum Gasteiger partial charge on any atom is -0.338 e. The zero-order valence-corrected chi connectivity index (χ0v) is 16.4. The van der Waals surface area contributed by atoms with Gasteiger partial charge in [0.05, 0.1) is 0 Å². The molecule has 2 fully saturated rings. The summed E-state index contributed by atoms with van der Waals surface area (Å²) in [5.74, 6) is 0.595. The largest absolute Gasteiger partial charge is 0.338 e. The lowest BCUT2D eigenvalue weighted by Crippen LogP contribution is -2.51. The van der Waals surface area contributed by atoms with Crippen LogP contribution in [0, 0.1) is 5.92 Å². The lowest BCUT2D eigenvalue weighted by Gasteiger charge is -2.37. The fourth-order valence-corrected chi connectivity index (χ4v) is 4.18. The zero-order valence-electron chi connectivity index (χ0n) is 16.4. The predicted molar refractivity (Wildman–Crippen MR) is 106 cm³/mol. The summed E-state index contributed by atoms with van der Waals surface area (Å²) in [6.07, 6.45) is 4.26. The number of urea groups is 1. The van der Waals surface area contributed by atoms with Crippen molar-refractivity contribution < 1.29 is 4.79 Å². The average molecular weight is 359 g/mol. The van der Waals surface area contributed by atoms with Crippen molar-refractivity contribution in [2.45, 2.75) is 31.7 Å². The first-order chi connectivity index (χ1) is 12.6. The van der Waals surface area contributed by atoms with Crippen molar-refractivity contribution >= 4 is 6.03 Å². The number of benzene rings is 1. The minimum absolute atomic E-state index is 0.130. The summed E-state index contributed by atoms with van der Waals surface area (Å²) in [5, 5.41) is 3.24. The SMILES string of the molecule is CN1CCC(N(CCc2ccccc2)C(=O)NCC2CCN(C)C2)CC1. The van der Waals surface area contributed by atoms with E-state index >= 15 is 0 Å². The Morgan fingerprint density at radius 3 is 2.42 bits per heavy atom. The molecule has 0 aromatic heterocycles. The summed E-state index contributed by atoms with van der Waals surface area (Å²) in [6, 6.07) is 11.0. The van der Waals surface area contributed by atoms with Gasteiger partial charge in [-0.2, -0.15) is 0 Å². The second-order valence-corrected chi connectivity index (χ2v) is 8.07. The fourth-order valence-electron chi connectivity index (χ4n) is 4.18. The number of rotatable bonds is 6. The molecule has 3 rings (SSSR count). The van der Waals surface area contributed by atoms with Crippen molar-refractivity contribution in [3.63, 3.8) is 0 Å². The summed E-state index contributed by atoms with van der Waals surface area (Å²) in [6.45, 7) is 6.00. The molecule has 1 N–H and O–H groups in total. The third-order valence-electron chi connectivity index (χ3n) is 5.90. The van der Waals surface area contributed by atoms with Crippen molar-refractivity contribution in [1.29, 1.82) is 0 Å². The van der Waals surface area contributed by atoms with Crippen LogP contribution >= 0.6 is 0 Å². The van der Waals surface area contributed by atoms with Gasteiger partial charge in [0.2, 0.25) is 0 Å². The Bertz CT molecular complexity index is 556. The van der Waals surface area contributed by atoms with Crippen LogP contribution in [-0.4, -0.2) is 80.1 Å². The zero-order chi connectivity index (χ0) is 18.4. The van der Waals surface area contributed by atoms with Crippen molar-refractivity contribution in [2.75, 3.05) is 53.4 Å². The normalized spacial score (nSPS) is 22.5. The number of nitrogens with one attached hydrogen (secondary N) is 1. The Balaban J connectivity index is 1.56. The number of carbonyl (C=O) groups is 1. The monoisotopic (exact) mass is 358 g/mol. The van der Waals surface area contributed by atoms with Crippen LogP contribution in [0.4, 0.5) is 4.79 Å². The molecule has 2 amide bonds. The van der Waals surface area contributed by atoms with E-state index in [9.17, 15) is 4.79 Å². The predicted octanol–water partition coefficient (Wildman–Crippen LogP) is 2.29. The number of nitrogens with zero attached hydrogens (tertiary/aromatic N) is 3. The fraction of sp³-hybridized carbons (Fsp3) is 0.667. The van der Waals surface area contributed by atoms with E-state index < -0.39 is 0 Å². The number of hydrogen-bond donors (Lipinski definition) is 1. The first-order valence-electron chi connectivity index (χ1n) is 10.1. The Kier molecular flexibility index (Phi) is 6.92. The van der Waals surface area contributed by atoms with Crippen LogP contribution in [0.25, 0.3) is 0 Å². The van der Waals surface area contributed by atoms with Gasteiger partial charge in [-0.25, -0.2) is 4.79 Å². The molecular weight excluding hydrogens is 324 g/mol. The number of piperidine rings is 1. The average Bonchev–Trinajstić information content (AvgIpc) is 3.08. The molecule has 0 radical (unpaired) electrons. The molecule has 2 saturated heterocycles. The van der Waals surface area contributed by atoms with Gasteiger partial charge in [0.25, 0.3) is 0 Å². The molecule has 0 aliphatic carbocycles. The first-order valence-corrected chi connectivity index (χ1v) is 10.1. The van der Waals surface area contributed by atoms with Crippen LogP contribution < -0.4 is 5.32 Å². The van der Waals surface area contributed by atoms with E-state index in [1.165, 1.54) is 12.0 Å². The highest BCUT2D eigenvalue weighted by molar-refractivity contribution is 5.74. The van der Waals surface area contributed by atoms with Gasteiger partial charge in [-0.15, -0.1) is 0 Å². The lowest BCUT2D eigenvalue weighted by atomic mass is 10.0. The maximum atomic E-state index is 13.0. The Morgan fingerprint density at radius 2 is 1.77 bits per heavy atom. The molecule has 5 heteroatoms. The van der Waals surface area contributed by atoms with Crippen LogP contribution in [0.2, 0.25) is 0 Å². The van der Waals surface area contributed by atoms with Crippen LogP contribution in [0.3, 0.4) is 0 Å². The third-order valence-corrected chi connectivity index (χ3v) is 5.90. The van der Waals surface area contributed by atoms with E-state index in [1.807, 2.05) is 6.07 Å². The highest BCUT2D eigenvalue weighted by Gasteiger charge is 2.28. The number of likely N-dealkylation sites (tertiary alicyclic amines) is 2. The van der Waals surface area contributed by atoms with Gasteiger partial charge in [-0.05, 0) is 70.9 Å². The maximum absolute atomic E-state index is 13.0. The second-order valence-electron chi connectivity index (χ2n) is 8.07. The van der Waals surface area contributed by atoms with Gasteiger partial charge in [0, 0.05) is 25.7 Å². The molecule has 0 saturated carbocycles. The molecule has 1 aromatic rings. The number of carbonyl (C=O) groups excluding carboxylic acids is 1. The quantitative estimate of drug-likeness (QED) is 0.848. The highest BCUT2D eigenvalue weighted by atomic mass is 16.2. The number of hydrogen-bond acceptors (Lipinski definition) is 3. The van der Waals surface area contributed by atoms with Crippen molar-refractivity contribution in [3.8, 4) is 0 Å². The topological polar surface area (TPSA) is 38.8 Å². The molecule has 1 aromatic carbocycles. The Hall–Kier alpha value is -1.59. The van der Waals surface area contributed by atoms with Crippen LogP contribution in [0.1, 0.15) is 24.8 Å². The molecule has 2 heterocycles. The minimum atomic E-state index is 0.130. The van der Waals surface area contributed by atoms with Gasteiger partial charge >= 0.3 is 6.03 Å². The van der Waals surface area contributed by atoms with E-state index in [1.54, 1.807) is 0 Å². The second kappa shape index (κ2) is 9.38. The van der Waals surface area contributed by atoms with Crippen molar-refractivity contribution in [2.24, 2.45) is 5.92 Å². The molecule has 0 spiro atoms. The van der Waals surface area contributed by atoms with Gasteiger partial charge in [-0.3, -0.25) is 0 Å². The molecule has 0 bridgehead atoms. The first kappa shape index (κ1) is 19.2. The van der Waals surface area contributed by atoms with Gasteiger partial charge in [0.1, 0.15) is 0 Å². The van der Waals surface area contributed by atoms with Gasteiger partial charge in [0.15, 0.2) is 0 Å². The smallest absolute Gasteiger partial charge is 0.317 e. The molecule has 144 valence electrons. The Labute approximate surface area is 158 Å². The molecule has 2 aliphatic rings. The number of amides is 2. The summed E-state index contributed by atoms with van der Waals surface area (Å²) in [5.41, 5.74) is 1.30. The summed E-state index contributed by atoms with van der Waals surface area (Å²) >= 11 is 0. The van der Waals surface area contributed by atoms with Crippen LogP contribution in [0.15, 0.2) is 30.3 Å². The van der Waals surface area contributed by atoms with E-state index in [2.05, 4.69) is 58.4 Å². The van der Waals surface area contributed by atoms with Gasteiger partial charge < -0.3 is 20.0 Å². The van der Waals surface area contributed by atoms with Crippen molar-refractivity contribution in [3.05, 3.63) is 35.9 Å². The van der Waals surface area contributed by atoms with Gasteiger partial charge in [-0.1, -0.05) is 30.3 Å². The summed E-state index contributed by atoms with van der Waals surface area (Å²) in [4.78, 5) is 19.8. The third kappa shape index (κ3) is 5.45. The molecule has 1 atom stereocenters. The van der Waals surface area contributed by atoms with Crippen molar-refractivity contribution in [1.82, 2.24) is 20.0 Å².